The number of nitrogens with zero attached hydrogens (tertiary/aromatic N) is 2. The molecule has 3 rings (SSSR count). The van der Waals surface area contributed by atoms with Crippen molar-refractivity contribution in [2.24, 2.45) is 0 Å². The Kier molecular flexibility index (Phi) is 2.88. The predicted octanol–water partition coefficient (Wildman–Crippen LogP) is 3.25. The minimum atomic E-state index is 0.0196. The number of hydrogen-bond acceptors (Lipinski definition) is 3. The van der Waals surface area contributed by atoms with Crippen LogP contribution in [-0.2, 0) is 0 Å². The molecule has 0 aliphatic rings. The molecule has 3 nitrogen and oxygen atoms in total. The Hall–Kier alpha value is -2.42. The average Bonchev–Trinajstić information content (AvgIpc) is 2.95. The molecule has 0 bridgehead atoms. The van der Waals surface area contributed by atoms with E-state index in [0.717, 1.165) is 11.1 Å². The zero-order chi connectivity index (χ0) is 12.2. The highest BCUT2D eigenvalue weighted by Gasteiger charge is 2.20. The largest absolute Gasteiger partial charge is 0.343 e. The molecule has 0 saturated carbocycles. The molecule has 0 fully saturated rings. The van der Waals surface area contributed by atoms with Crippen molar-refractivity contribution >= 4 is 0 Å². The van der Waals surface area contributed by atoms with Crippen LogP contribution in [0.4, 0.5) is 0 Å². The van der Waals surface area contributed by atoms with Crippen LogP contribution in [0.25, 0.3) is 0 Å². The van der Waals surface area contributed by atoms with Gasteiger partial charge in [0.1, 0.15) is 0 Å². The summed E-state index contributed by atoms with van der Waals surface area (Å²) in [5.74, 6) is 0.707. The van der Waals surface area contributed by atoms with E-state index < -0.39 is 0 Å². The highest BCUT2D eigenvalue weighted by Crippen LogP contribution is 2.29. The minimum Gasteiger partial charge on any atom is -0.343 e. The number of hydrogen-bond donors (Lipinski definition) is 0. The van der Waals surface area contributed by atoms with Gasteiger partial charge in [-0.3, -0.25) is 0 Å². The van der Waals surface area contributed by atoms with E-state index in [1.165, 1.54) is 6.39 Å². The molecule has 88 valence electrons. The standard InChI is InChI=1S/C15H12N2O/c1-3-7-12(8-4-1)14(15-16-11-18-17-15)13-9-5-2-6-10-13/h1-11,14H. The van der Waals surface area contributed by atoms with Crippen LogP contribution in [0.5, 0.6) is 0 Å². The third-order valence-corrected chi connectivity index (χ3v) is 2.90. The highest BCUT2D eigenvalue weighted by atomic mass is 16.5. The highest BCUT2D eigenvalue weighted by molar-refractivity contribution is 5.37. The molecule has 1 heterocycles. The van der Waals surface area contributed by atoms with Crippen molar-refractivity contribution in [2.45, 2.75) is 5.92 Å². The molecule has 0 N–H and O–H groups in total. The van der Waals surface area contributed by atoms with Crippen molar-refractivity contribution in [2.75, 3.05) is 0 Å². The summed E-state index contributed by atoms with van der Waals surface area (Å²) in [7, 11) is 0. The Morgan fingerprint density at radius 2 is 1.33 bits per heavy atom. The Labute approximate surface area is 105 Å². The van der Waals surface area contributed by atoms with Gasteiger partial charge < -0.3 is 4.52 Å². The summed E-state index contributed by atoms with van der Waals surface area (Å²) in [6.07, 6.45) is 1.37. The Morgan fingerprint density at radius 3 is 1.78 bits per heavy atom. The van der Waals surface area contributed by atoms with Crippen LogP contribution in [0.3, 0.4) is 0 Å². The van der Waals surface area contributed by atoms with E-state index in [1.807, 2.05) is 36.4 Å². The quantitative estimate of drug-likeness (QED) is 0.700. The van der Waals surface area contributed by atoms with Gasteiger partial charge in [-0.15, -0.1) is 0 Å². The van der Waals surface area contributed by atoms with Gasteiger partial charge in [-0.25, -0.2) is 0 Å². The van der Waals surface area contributed by atoms with E-state index in [0.29, 0.717) is 5.82 Å². The molecule has 3 heteroatoms. The van der Waals surface area contributed by atoms with Crippen LogP contribution in [0.1, 0.15) is 22.9 Å². The fraction of sp³-hybridized carbons (Fsp3) is 0.0667. The van der Waals surface area contributed by atoms with Crippen LogP contribution in [-0.4, -0.2) is 10.1 Å². The lowest BCUT2D eigenvalue weighted by Gasteiger charge is -2.13. The number of rotatable bonds is 3. The van der Waals surface area contributed by atoms with Crippen molar-refractivity contribution in [1.29, 1.82) is 0 Å². The number of benzene rings is 2. The van der Waals surface area contributed by atoms with E-state index in [-0.39, 0.29) is 5.92 Å². The van der Waals surface area contributed by atoms with Crippen molar-refractivity contribution in [3.63, 3.8) is 0 Å². The first-order chi connectivity index (χ1) is 8.95. The van der Waals surface area contributed by atoms with E-state index >= 15 is 0 Å². The van der Waals surface area contributed by atoms with E-state index in [9.17, 15) is 0 Å². The molecule has 0 aliphatic carbocycles. The summed E-state index contributed by atoms with van der Waals surface area (Å²) in [4.78, 5) is 4.19. The minimum absolute atomic E-state index is 0.0196. The topological polar surface area (TPSA) is 38.9 Å². The Bertz CT molecular complexity index is 551. The van der Waals surface area contributed by atoms with Crippen LogP contribution < -0.4 is 0 Å². The lowest BCUT2D eigenvalue weighted by molar-refractivity contribution is 0.409. The van der Waals surface area contributed by atoms with Gasteiger partial charge in [0, 0.05) is 0 Å². The SMILES string of the molecule is c1ccc(C(c2ccccc2)c2ncon2)cc1. The zero-order valence-corrected chi connectivity index (χ0v) is 9.73. The molecular formula is C15H12N2O. The van der Waals surface area contributed by atoms with Crippen molar-refractivity contribution in [3.8, 4) is 0 Å². The van der Waals surface area contributed by atoms with Crippen molar-refractivity contribution < 1.29 is 4.52 Å². The molecule has 0 amide bonds. The second-order valence-electron chi connectivity index (χ2n) is 4.04. The number of aromatic nitrogens is 2. The third kappa shape index (κ3) is 2.02. The maximum Gasteiger partial charge on any atom is 0.213 e. The van der Waals surface area contributed by atoms with Gasteiger partial charge in [-0.05, 0) is 11.1 Å². The zero-order valence-electron chi connectivity index (χ0n) is 9.73. The molecule has 0 spiro atoms. The Morgan fingerprint density at radius 1 is 0.778 bits per heavy atom. The van der Waals surface area contributed by atoms with Crippen LogP contribution in [0, 0.1) is 0 Å². The maximum absolute atomic E-state index is 4.88. The van der Waals surface area contributed by atoms with Crippen molar-refractivity contribution in [1.82, 2.24) is 10.1 Å². The first-order valence-corrected chi connectivity index (χ1v) is 5.81. The molecule has 0 atom stereocenters. The monoisotopic (exact) mass is 236 g/mol. The van der Waals surface area contributed by atoms with Gasteiger partial charge in [0.25, 0.3) is 0 Å². The molecule has 0 radical (unpaired) electrons. The molecule has 0 aliphatic heterocycles. The lowest BCUT2D eigenvalue weighted by Crippen LogP contribution is -2.04. The fourth-order valence-electron chi connectivity index (χ4n) is 2.09. The Balaban J connectivity index is 2.11. The summed E-state index contributed by atoms with van der Waals surface area (Å²) >= 11 is 0. The van der Waals surface area contributed by atoms with E-state index in [4.69, 9.17) is 4.52 Å². The lowest BCUT2D eigenvalue weighted by atomic mass is 9.91. The first-order valence-electron chi connectivity index (χ1n) is 5.81. The fourth-order valence-corrected chi connectivity index (χ4v) is 2.09. The molecule has 1 aromatic heterocycles. The molecule has 0 unspecified atom stereocenters. The van der Waals surface area contributed by atoms with Gasteiger partial charge in [0.15, 0.2) is 5.82 Å². The summed E-state index contributed by atoms with van der Waals surface area (Å²) in [5, 5.41) is 3.98. The second kappa shape index (κ2) is 4.84. The molecular weight excluding hydrogens is 224 g/mol. The van der Waals surface area contributed by atoms with E-state index in [1.54, 1.807) is 0 Å². The van der Waals surface area contributed by atoms with E-state index in [2.05, 4.69) is 34.4 Å². The summed E-state index contributed by atoms with van der Waals surface area (Å²) < 4.78 is 4.88. The second-order valence-corrected chi connectivity index (χ2v) is 4.04. The molecule has 2 aromatic carbocycles. The van der Waals surface area contributed by atoms with Gasteiger partial charge >= 0.3 is 0 Å². The molecule has 18 heavy (non-hydrogen) atoms. The third-order valence-electron chi connectivity index (χ3n) is 2.90. The molecule has 0 saturated heterocycles. The summed E-state index contributed by atoms with van der Waals surface area (Å²) in [5.41, 5.74) is 2.32. The molecule has 3 aromatic rings. The van der Waals surface area contributed by atoms with Crippen LogP contribution in [0.15, 0.2) is 71.6 Å². The summed E-state index contributed by atoms with van der Waals surface area (Å²) in [6, 6.07) is 20.4. The van der Waals surface area contributed by atoms with Crippen LogP contribution >= 0.6 is 0 Å². The van der Waals surface area contributed by atoms with Gasteiger partial charge in [0.05, 0.1) is 5.92 Å². The smallest absolute Gasteiger partial charge is 0.213 e. The first kappa shape index (κ1) is 10.7. The van der Waals surface area contributed by atoms with Gasteiger partial charge in [-0.1, -0.05) is 65.8 Å². The average molecular weight is 236 g/mol. The van der Waals surface area contributed by atoms with Crippen LogP contribution in [0.2, 0.25) is 0 Å². The normalized spacial score (nSPS) is 10.7. The maximum atomic E-state index is 4.88. The van der Waals surface area contributed by atoms with Crippen molar-refractivity contribution in [3.05, 3.63) is 84.0 Å². The summed E-state index contributed by atoms with van der Waals surface area (Å²) in [6.45, 7) is 0. The van der Waals surface area contributed by atoms with Gasteiger partial charge in [0.2, 0.25) is 6.39 Å². The van der Waals surface area contributed by atoms with Gasteiger partial charge in [-0.2, -0.15) is 4.98 Å². The predicted molar refractivity (Wildman–Crippen MR) is 68.1 cm³/mol.